The van der Waals surface area contributed by atoms with Crippen LogP contribution in [0.3, 0.4) is 0 Å². The molecule has 0 saturated carbocycles. The fraction of sp³-hybridized carbons (Fsp3) is 1.00. The summed E-state index contributed by atoms with van der Waals surface area (Å²) >= 11 is 0. The normalized spacial score (nSPS) is 25.2. The van der Waals surface area contributed by atoms with E-state index in [9.17, 15) is 9.67 Å². The quantitative estimate of drug-likeness (QED) is 0.565. The van der Waals surface area contributed by atoms with Gasteiger partial charge in [0.25, 0.3) is 7.52 Å². The van der Waals surface area contributed by atoms with Crippen molar-refractivity contribution < 1.29 is 18.9 Å². The average Bonchev–Trinajstić information content (AvgIpc) is 2.18. The molecule has 72 valence electrons. The van der Waals surface area contributed by atoms with E-state index < -0.39 is 13.9 Å². The minimum atomic E-state index is -3.06. The molecule has 0 N–H and O–H groups in total. The van der Waals surface area contributed by atoms with Gasteiger partial charge in [-0.05, 0) is 6.35 Å². The van der Waals surface area contributed by atoms with Crippen molar-refractivity contribution in [3.63, 3.8) is 0 Å². The van der Waals surface area contributed by atoms with Crippen molar-refractivity contribution in [1.82, 2.24) is 4.67 Å². The maximum absolute atomic E-state index is 11.6. The Morgan fingerprint density at radius 2 is 2.17 bits per heavy atom. The summed E-state index contributed by atoms with van der Waals surface area (Å²) in [6.07, 6.45) is -0.677. The Balaban J connectivity index is 2.58. The van der Waals surface area contributed by atoms with Crippen LogP contribution in [0, 0.1) is 0 Å². The van der Waals surface area contributed by atoms with E-state index in [1.807, 2.05) is 0 Å². The number of rotatable bonds is 3. The van der Waals surface area contributed by atoms with Crippen molar-refractivity contribution in [2.45, 2.75) is 0 Å². The Labute approximate surface area is 71.8 Å². The number of hydrogen-bond donors (Lipinski definition) is 0. The lowest BCUT2D eigenvalue weighted by atomic mass is 10.5. The molecule has 0 aromatic carbocycles. The van der Waals surface area contributed by atoms with Crippen LogP contribution >= 0.6 is 7.52 Å². The zero-order chi connectivity index (χ0) is 9.03. The Hall–Kier alpha value is 0.0700. The summed E-state index contributed by atoms with van der Waals surface area (Å²) in [5, 5.41) is 10.6. The topological polar surface area (TPSA) is 61.8 Å². The number of ether oxygens (including phenoxy) is 1. The molecule has 5 nitrogen and oxygen atoms in total. The van der Waals surface area contributed by atoms with Crippen LogP contribution in [0.5, 0.6) is 0 Å². The predicted molar refractivity (Wildman–Crippen MR) is 41.9 cm³/mol. The van der Waals surface area contributed by atoms with Gasteiger partial charge in [-0.3, -0.25) is 4.57 Å². The largest absolute Gasteiger partial charge is 0.846 e. The third-order valence-corrected chi connectivity index (χ3v) is 4.03. The molecule has 1 unspecified atom stereocenters. The first-order chi connectivity index (χ1) is 5.73. The van der Waals surface area contributed by atoms with Crippen molar-refractivity contribution in [1.29, 1.82) is 0 Å². The first kappa shape index (κ1) is 10.2. The van der Waals surface area contributed by atoms with Crippen molar-refractivity contribution in [2.24, 2.45) is 0 Å². The van der Waals surface area contributed by atoms with Gasteiger partial charge in [0.15, 0.2) is 0 Å². The molecule has 1 saturated heterocycles. The summed E-state index contributed by atoms with van der Waals surface area (Å²) in [6.45, 7) is 2.08. The standard InChI is InChI=1S/C6H13NO4P/c1-10-12(9,6-8)7-2-4-11-5-3-7/h2-6H2,1H3/q-1. The third kappa shape index (κ3) is 2.06. The fourth-order valence-electron chi connectivity index (χ4n) is 1.11. The highest BCUT2D eigenvalue weighted by Crippen LogP contribution is 2.48. The van der Waals surface area contributed by atoms with E-state index in [1.54, 1.807) is 4.67 Å². The molecule has 1 aliphatic heterocycles. The molecular formula is C6H13NO4P-. The third-order valence-electron chi connectivity index (χ3n) is 1.87. The first-order valence-electron chi connectivity index (χ1n) is 3.79. The predicted octanol–water partition coefficient (Wildman–Crippen LogP) is -0.524. The Kier molecular flexibility index (Phi) is 3.68. The number of nitrogens with zero attached hydrogens (tertiary/aromatic N) is 1. The smallest absolute Gasteiger partial charge is 0.256 e. The Morgan fingerprint density at radius 1 is 1.58 bits per heavy atom. The second-order valence-corrected chi connectivity index (χ2v) is 4.98. The van der Waals surface area contributed by atoms with Crippen molar-refractivity contribution >= 4 is 7.52 Å². The summed E-state index contributed by atoms with van der Waals surface area (Å²) in [7, 11) is -1.75. The highest BCUT2D eigenvalue weighted by molar-refractivity contribution is 7.56. The van der Waals surface area contributed by atoms with Crippen LogP contribution in [0.1, 0.15) is 0 Å². The minimum absolute atomic E-state index is 0.521. The van der Waals surface area contributed by atoms with E-state index in [2.05, 4.69) is 0 Å². The summed E-state index contributed by atoms with van der Waals surface area (Å²) < 4.78 is 23.0. The van der Waals surface area contributed by atoms with Crippen LogP contribution in [0.15, 0.2) is 0 Å². The van der Waals surface area contributed by atoms with E-state index >= 15 is 0 Å². The van der Waals surface area contributed by atoms with Gasteiger partial charge in [-0.15, -0.1) is 0 Å². The molecule has 0 amide bonds. The zero-order valence-electron chi connectivity index (χ0n) is 7.06. The molecule has 0 aromatic rings. The summed E-state index contributed by atoms with van der Waals surface area (Å²) in [5.41, 5.74) is 0. The first-order valence-corrected chi connectivity index (χ1v) is 5.55. The van der Waals surface area contributed by atoms with E-state index in [0.717, 1.165) is 0 Å². The van der Waals surface area contributed by atoms with Crippen LogP contribution in [0.4, 0.5) is 0 Å². The lowest BCUT2D eigenvalue weighted by Crippen LogP contribution is -2.36. The molecule has 0 bridgehead atoms. The van der Waals surface area contributed by atoms with E-state index in [4.69, 9.17) is 9.26 Å². The van der Waals surface area contributed by atoms with Crippen LogP contribution in [-0.4, -0.2) is 44.4 Å². The molecule has 12 heavy (non-hydrogen) atoms. The zero-order valence-corrected chi connectivity index (χ0v) is 7.96. The molecule has 0 spiro atoms. The lowest BCUT2D eigenvalue weighted by Gasteiger charge is -2.34. The molecule has 6 heteroatoms. The highest BCUT2D eigenvalue weighted by atomic mass is 31.2. The Morgan fingerprint density at radius 3 is 2.58 bits per heavy atom. The van der Waals surface area contributed by atoms with Crippen LogP contribution in [-0.2, 0) is 13.8 Å². The van der Waals surface area contributed by atoms with Crippen molar-refractivity contribution in [3.05, 3.63) is 0 Å². The monoisotopic (exact) mass is 194 g/mol. The maximum atomic E-state index is 11.6. The molecule has 0 aliphatic carbocycles. The molecule has 1 heterocycles. The highest BCUT2D eigenvalue weighted by Gasteiger charge is 2.27. The van der Waals surface area contributed by atoms with Gasteiger partial charge in [-0.1, -0.05) is 0 Å². The molecule has 1 fully saturated rings. The van der Waals surface area contributed by atoms with Gasteiger partial charge in [0, 0.05) is 20.2 Å². The van der Waals surface area contributed by atoms with Gasteiger partial charge in [0.2, 0.25) is 0 Å². The molecule has 0 aromatic heterocycles. The van der Waals surface area contributed by atoms with Crippen molar-refractivity contribution in [2.75, 3.05) is 39.8 Å². The fourth-order valence-corrected chi connectivity index (χ4v) is 2.38. The SMILES string of the molecule is COP(=O)(C[O-])N1CCOCC1. The molecule has 0 radical (unpaired) electrons. The molecule has 1 aliphatic rings. The van der Waals surface area contributed by atoms with E-state index in [0.29, 0.717) is 26.3 Å². The molecule has 1 atom stereocenters. The van der Waals surface area contributed by atoms with Gasteiger partial charge in [-0.2, -0.15) is 0 Å². The summed E-state index contributed by atoms with van der Waals surface area (Å²) in [4.78, 5) is 0. The van der Waals surface area contributed by atoms with Crippen LogP contribution in [0.25, 0.3) is 0 Å². The molecular weight excluding hydrogens is 181 g/mol. The average molecular weight is 194 g/mol. The summed E-state index contributed by atoms with van der Waals surface area (Å²) in [5.74, 6) is 0. The summed E-state index contributed by atoms with van der Waals surface area (Å²) in [6, 6.07) is 0. The molecule has 1 rings (SSSR count). The number of hydrogen-bond acceptors (Lipinski definition) is 4. The van der Waals surface area contributed by atoms with Crippen LogP contribution < -0.4 is 5.11 Å². The van der Waals surface area contributed by atoms with Gasteiger partial charge >= 0.3 is 0 Å². The van der Waals surface area contributed by atoms with Gasteiger partial charge in [0.1, 0.15) is 0 Å². The Bertz CT molecular complexity index is 172. The second-order valence-electron chi connectivity index (χ2n) is 2.52. The lowest BCUT2D eigenvalue weighted by molar-refractivity contribution is -0.344. The van der Waals surface area contributed by atoms with E-state index in [1.165, 1.54) is 7.11 Å². The van der Waals surface area contributed by atoms with Gasteiger partial charge < -0.3 is 14.4 Å². The van der Waals surface area contributed by atoms with E-state index in [-0.39, 0.29) is 0 Å². The minimum Gasteiger partial charge on any atom is -0.846 e. The van der Waals surface area contributed by atoms with Gasteiger partial charge in [-0.25, -0.2) is 4.67 Å². The number of morpholine rings is 1. The van der Waals surface area contributed by atoms with Crippen LogP contribution in [0.2, 0.25) is 0 Å². The van der Waals surface area contributed by atoms with Gasteiger partial charge in [0.05, 0.1) is 13.2 Å². The maximum Gasteiger partial charge on any atom is 0.256 e. The van der Waals surface area contributed by atoms with Crippen molar-refractivity contribution in [3.8, 4) is 0 Å². The second kappa shape index (κ2) is 4.35.